The number of nitrogens with one attached hydrogen (secondary N) is 1. The molecule has 0 radical (unpaired) electrons. The lowest BCUT2D eigenvalue weighted by molar-refractivity contribution is 0.0939. The van der Waals surface area contributed by atoms with Crippen LogP contribution in [0, 0.1) is 0 Å². The lowest BCUT2D eigenvalue weighted by Crippen LogP contribution is -2.30. The molecule has 29 heavy (non-hydrogen) atoms. The van der Waals surface area contributed by atoms with Gasteiger partial charge in [0.15, 0.2) is 0 Å². The molecule has 1 aromatic heterocycles. The van der Waals surface area contributed by atoms with Crippen LogP contribution in [0.1, 0.15) is 34.5 Å². The van der Waals surface area contributed by atoms with E-state index in [1.165, 1.54) is 16.4 Å². The fourth-order valence-electron chi connectivity index (χ4n) is 3.50. The summed E-state index contributed by atoms with van der Waals surface area (Å²) in [6.45, 7) is 2.27. The molecule has 7 heteroatoms. The van der Waals surface area contributed by atoms with Crippen LogP contribution in [0.4, 0.5) is 5.69 Å². The van der Waals surface area contributed by atoms with Gasteiger partial charge in [-0.05, 0) is 60.9 Å². The zero-order valence-corrected chi connectivity index (χ0v) is 16.8. The Morgan fingerprint density at radius 1 is 1.07 bits per heavy atom. The Bertz CT molecular complexity index is 1150. The van der Waals surface area contributed by atoms with Crippen LogP contribution < -0.4 is 9.62 Å². The number of aromatic nitrogens is 1. The van der Waals surface area contributed by atoms with Crippen LogP contribution in [0.5, 0.6) is 0 Å². The number of sulfonamides is 1. The van der Waals surface area contributed by atoms with Gasteiger partial charge in [0.1, 0.15) is 0 Å². The maximum atomic E-state index is 13.2. The maximum Gasteiger partial charge on any atom is 0.264 e. The molecule has 0 spiro atoms. The van der Waals surface area contributed by atoms with Crippen LogP contribution in [0.2, 0.25) is 0 Å². The predicted molar refractivity (Wildman–Crippen MR) is 111 cm³/mol. The summed E-state index contributed by atoms with van der Waals surface area (Å²) < 4.78 is 27.8. The van der Waals surface area contributed by atoms with Gasteiger partial charge < -0.3 is 5.32 Å². The second-order valence-corrected chi connectivity index (χ2v) is 8.82. The number of carbonyl (C=O) groups excluding carboxylic acids is 1. The van der Waals surface area contributed by atoms with Crippen molar-refractivity contribution in [3.63, 3.8) is 0 Å². The molecule has 4 rings (SSSR count). The van der Waals surface area contributed by atoms with Crippen molar-refractivity contribution in [2.45, 2.75) is 24.3 Å². The van der Waals surface area contributed by atoms with E-state index in [4.69, 9.17) is 0 Å². The van der Waals surface area contributed by atoms with E-state index in [0.29, 0.717) is 24.2 Å². The smallest absolute Gasteiger partial charge is 0.264 e. The van der Waals surface area contributed by atoms with Crippen LogP contribution in [0.3, 0.4) is 0 Å². The highest BCUT2D eigenvalue weighted by molar-refractivity contribution is 7.92. The zero-order valence-electron chi connectivity index (χ0n) is 15.9. The Morgan fingerprint density at radius 3 is 2.62 bits per heavy atom. The maximum absolute atomic E-state index is 13.2. The molecule has 1 atom stereocenters. The van der Waals surface area contributed by atoms with Crippen molar-refractivity contribution < 1.29 is 13.2 Å². The van der Waals surface area contributed by atoms with Gasteiger partial charge in [-0.25, -0.2) is 8.42 Å². The van der Waals surface area contributed by atoms with E-state index in [1.807, 2.05) is 43.3 Å². The summed E-state index contributed by atoms with van der Waals surface area (Å²) in [7, 11) is -3.74. The fraction of sp³-hybridized carbons (Fsp3) is 0.182. The first-order chi connectivity index (χ1) is 14.0. The second-order valence-electron chi connectivity index (χ2n) is 6.96. The number of fused-ring (bicyclic) bond motifs is 1. The molecule has 1 N–H and O–H groups in total. The van der Waals surface area contributed by atoms with Crippen LogP contribution in [-0.4, -0.2) is 25.9 Å². The first kappa shape index (κ1) is 19.1. The van der Waals surface area contributed by atoms with Crippen molar-refractivity contribution >= 4 is 21.6 Å². The van der Waals surface area contributed by atoms with Crippen molar-refractivity contribution in [2.75, 3.05) is 10.8 Å². The minimum absolute atomic E-state index is 0.110. The molecular formula is C22H21N3O3S. The Morgan fingerprint density at radius 2 is 1.83 bits per heavy atom. The number of para-hydroxylation sites is 1. The molecule has 0 saturated heterocycles. The van der Waals surface area contributed by atoms with Gasteiger partial charge >= 0.3 is 0 Å². The summed E-state index contributed by atoms with van der Waals surface area (Å²) in [6, 6.07) is 17.1. The highest BCUT2D eigenvalue weighted by Gasteiger charge is 2.31. The molecule has 1 amide bonds. The number of benzene rings is 2. The zero-order chi connectivity index (χ0) is 20.4. The van der Waals surface area contributed by atoms with Crippen LogP contribution >= 0.6 is 0 Å². The Hall–Kier alpha value is -3.19. The molecule has 0 aliphatic carbocycles. The molecule has 2 heterocycles. The Labute approximate surface area is 170 Å². The van der Waals surface area contributed by atoms with Crippen molar-refractivity contribution in [2.24, 2.45) is 0 Å². The summed E-state index contributed by atoms with van der Waals surface area (Å²) >= 11 is 0. The van der Waals surface area contributed by atoms with Crippen molar-refractivity contribution in [3.05, 3.63) is 89.7 Å². The van der Waals surface area contributed by atoms with Crippen LogP contribution in [0.15, 0.2) is 78.0 Å². The SMILES string of the molecule is C[C@H](NC(=O)c1cccc(S(=O)(=O)N2CCc3ccccc32)c1)c1ccncc1. The summed E-state index contributed by atoms with van der Waals surface area (Å²) in [6.07, 6.45) is 4.01. The number of anilines is 1. The van der Waals surface area contributed by atoms with Gasteiger partial charge in [0.25, 0.3) is 15.9 Å². The van der Waals surface area contributed by atoms with E-state index in [0.717, 1.165) is 11.1 Å². The molecule has 0 saturated carbocycles. The van der Waals surface area contributed by atoms with Crippen molar-refractivity contribution in [3.8, 4) is 0 Å². The van der Waals surface area contributed by atoms with Gasteiger partial charge in [-0.15, -0.1) is 0 Å². The highest BCUT2D eigenvalue weighted by Crippen LogP contribution is 2.32. The van der Waals surface area contributed by atoms with E-state index in [1.54, 1.807) is 24.5 Å². The quantitative estimate of drug-likeness (QED) is 0.704. The van der Waals surface area contributed by atoms with Gasteiger partial charge in [0.05, 0.1) is 16.6 Å². The average molecular weight is 407 g/mol. The normalized spacial score (nSPS) is 14.3. The van der Waals surface area contributed by atoms with Crippen LogP contribution in [-0.2, 0) is 16.4 Å². The molecule has 0 bridgehead atoms. The van der Waals surface area contributed by atoms with Gasteiger partial charge in [-0.3, -0.25) is 14.1 Å². The molecule has 0 unspecified atom stereocenters. The Balaban J connectivity index is 1.58. The fourth-order valence-corrected chi connectivity index (χ4v) is 5.05. The van der Waals surface area contributed by atoms with Gasteiger partial charge in [-0.2, -0.15) is 0 Å². The summed E-state index contributed by atoms with van der Waals surface area (Å²) in [5.41, 5.74) is 2.94. The Kier molecular flexibility index (Phi) is 5.07. The monoisotopic (exact) mass is 407 g/mol. The third-order valence-electron chi connectivity index (χ3n) is 5.08. The minimum Gasteiger partial charge on any atom is -0.346 e. The third-order valence-corrected chi connectivity index (χ3v) is 6.89. The number of rotatable bonds is 5. The van der Waals surface area contributed by atoms with Gasteiger partial charge in [0.2, 0.25) is 0 Å². The molecule has 1 aliphatic heterocycles. The summed E-state index contributed by atoms with van der Waals surface area (Å²) in [5, 5.41) is 2.90. The molecule has 148 valence electrons. The first-order valence-electron chi connectivity index (χ1n) is 9.38. The summed E-state index contributed by atoms with van der Waals surface area (Å²) in [4.78, 5) is 16.8. The average Bonchev–Trinajstić information content (AvgIpc) is 3.19. The highest BCUT2D eigenvalue weighted by atomic mass is 32.2. The van der Waals surface area contributed by atoms with Crippen molar-refractivity contribution in [1.29, 1.82) is 0 Å². The van der Waals surface area contributed by atoms with E-state index in [-0.39, 0.29) is 16.8 Å². The predicted octanol–water partition coefficient (Wildman–Crippen LogP) is 3.32. The van der Waals surface area contributed by atoms with E-state index < -0.39 is 10.0 Å². The molecule has 0 fully saturated rings. The first-order valence-corrected chi connectivity index (χ1v) is 10.8. The minimum atomic E-state index is -3.74. The lowest BCUT2D eigenvalue weighted by Gasteiger charge is -2.20. The van der Waals surface area contributed by atoms with Gasteiger partial charge in [-0.1, -0.05) is 24.3 Å². The van der Waals surface area contributed by atoms with Crippen LogP contribution in [0.25, 0.3) is 0 Å². The lowest BCUT2D eigenvalue weighted by atomic mass is 10.1. The number of amides is 1. The standard InChI is InChI=1S/C22H21N3O3S/c1-16(17-9-12-23-13-10-17)24-22(26)19-6-4-7-20(15-19)29(27,28)25-14-11-18-5-2-3-8-21(18)25/h2-10,12-13,15-16H,11,14H2,1H3,(H,24,26)/t16-/m0/s1. The molecule has 3 aromatic rings. The second kappa shape index (κ2) is 7.67. The third kappa shape index (κ3) is 3.73. The van der Waals surface area contributed by atoms with Crippen molar-refractivity contribution in [1.82, 2.24) is 10.3 Å². The number of carbonyl (C=O) groups is 1. The number of hydrogen-bond acceptors (Lipinski definition) is 4. The van der Waals surface area contributed by atoms with Gasteiger partial charge in [0, 0.05) is 24.5 Å². The van der Waals surface area contributed by atoms with E-state index >= 15 is 0 Å². The number of pyridine rings is 1. The topological polar surface area (TPSA) is 79.4 Å². The molecular weight excluding hydrogens is 386 g/mol. The summed E-state index contributed by atoms with van der Waals surface area (Å²) in [5.74, 6) is -0.326. The molecule has 6 nitrogen and oxygen atoms in total. The molecule has 2 aromatic carbocycles. The number of hydrogen-bond donors (Lipinski definition) is 1. The molecule has 1 aliphatic rings. The number of nitrogens with zero attached hydrogens (tertiary/aromatic N) is 2. The van der Waals surface area contributed by atoms with E-state index in [9.17, 15) is 13.2 Å². The van der Waals surface area contributed by atoms with E-state index in [2.05, 4.69) is 10.3 Å². The largest absolute Gasteiger partial charge is 0.346 e.